The predicted octanol–water partition coefficient (Wildman–Crippen LogP) is 4.79. The van der Waals surface area contributed by atoms with Gasteiger partial charge in [-0.3, -0.25) is 4.98 Å². The number of carbonyl (C=O) groups is 1. The number of carbonyl (C=O) groups excluding carboxylic acids is 1. The number of aromatic nitrogens is 4. The molecule has 3 heterocycles. The van der Waals surface area contributed by atoms with Crippen molar-refractivity contribution in [2.24, 2.45) is 0 Å². The number of nitrogens with one attached hydrogen (secondary N) is 1. The molecule has 0 aliphatic rings. The molecule has 0 amide bonds. The number of benzene rings is 1. The molecule has 0 aliphatic heterocycles. The van der Waals surface area contributed by atoms with Crippen LogP contribution in [0.4, 0.5) is 11.6 Å². The van der Waals surface area contributed by atoms with Crippen molar-refractivity contribution in [2.75, 3.05) is 19.5 Å². The van der Waals surface area contributed by atoms with Gasteiger partial charge in [0, 0.05) is 42.7 Å². The normalized spacial score (nSPS) is 10.7. The van der Waals surface area contributed by atoms with Crippen molar-refractivity contribution >= 4 is 29.3 Å². The van der Waals surface area contributed by atoms with Gasteiger partial charge in [-0.2, -0.15) is 0 Å². The zero-order chi connectivity index (χ0) is 23.1. The lowest BCUT2D eigenvalue weighted by Crippen LogP contribution is -2.01. The highest BCUT2D eigenvalue weighted by molar-refractivity contribution is 5.94. The molecule has 8 heteroatoms. The van der Waals surface area contributed by atoms with E-state index in [4.69, 9.17) is 19.3 Å². The molecule has 0 atom stereocenters. The molecule has 0 aliphatic carbocycles. The van der Waals surface area contributed by atoms with Crippen molar-refractivity contribution in [3.63, 3.8) is 0 Å². The van der Waals surface area contributed by atoms with Gasteiger partial charge in [-0.15, -0.1) is 0 Å². The molecule has 0 spiro atoms. The van der Waals surface area contributed by atoms with Crippen LogP contribution in [-0.2, 0) is 16.1 Å². The van der Waals surface area contributed by atoms with E-state index in [1.807, 2.05) is 49.5 Å². The SMILES string of the molecule is C=O.COCc1ccc(OC)c(Nc2nccc(-c3cn(C(C)C)c4cnccc34)n2)c1. The molecule has 3 aromatic heterocycles. The third-order valence-electron chi connectivity index (χ3n) is 4.95. The average molecular weight is 434 g/mol. The number of methoxy groups -OCH3 is 2. The fraction of sp³-hybridized carbons (Fsp3) is 0.250. The van der Waals surface area contributed by atoms with Crippen molar-refractivity contribution in [2.45, 2.75) is 26.5 Å². The van der Waals surface area contributed by atoms with E-state index in [1.54, 1.807) is 20.4 Å². The van der Waals surface area contributed by atoms with Crippen molar-refractivity contribution in [3.05, 3.63) is 60.7 Å². The molecule has 0 fully saturated rings. The van der Waals surface area contributed by atoms with Gasteiger partial charge in [-0.1, -0.05) is 6.07 Å². The molecule has 0 saturated carbocycles. The van der Waals surface area contributed by atoms with Crippen LogP contribution in [0.3, 0.4) is 0 Å². The first-order chi connectivity index (χ1) is 15.6. The summed E-state index contributed by atoms with van der Waals surface area (Å²) in [5.41, 5.74) is 4.80. The molecule has 4 rings (SSSR count). The molecule has 32 heavy (non-hydrogen) atoms. The first-order valence-electron chi connectivity index (χ1n) is 10.1. The topological polar surface area (TPSA) is 91.2 Å². The van der Waals surface area contributed by atoms with Crippen LogP contribution >= 0.6 is 0 Å². The number of fused-ring (bicyclic) bond motifs is 1. The largest absolute Gasteiger partial charge is 0.495 e. The Hall–Kier alpha value is -3.78. The Morgan fingerprint density at radius 2 is 1.94 bits per heavy atom. The Morgan fingerprint density at radius 3 is 2.66 bits per heavy atom. The van der Waals surface area contributed by atoms with Gasteiger partial charge >= 0.3 is 0 Å². The number of anilines is 2. The summed E-state index contributed by atoms with van der Waals surface area (Å²) >= 11 is 0. The standard InChI is InChI=1S/C23H25N5O2.CH2O/c1-15(2)28-13-18(17-7-9-24-12-21(17)28)19-8-10-25-23(26-19)27-20-11-16(14-29-3)5-6-22(20)30-4;1-2/h5-13,15H,14H2,1-4H3,(H,25,26,27);1H2. The minimum absolute atomic E-state index is 0.317. The van der Waals surface area contributed by atoms with Gasteiger partial charge in [-0.25, -0.2) is 9.97 Å². The van der Waals surface area contributed by atoms with E-state index in [0.717, 1.165) is 33.4 Å². The van der Waals surface area contributed by atoms with Gasteiger partial charge in [0.15, 0.2) is 0 Å². The van der Waals surface area contributed by atoms with Gasteiger partial charge in [0.25, 0.3) is 0 Å². The lowest BCUT2D eigenvalue weighted by molar-refractivity contribution is -0.0979. The first kappa shape index (κ1) is 22.9. The zero-order valence-electron chi connectivity index (χ0n) is 18.7. The number of nitrogens with zero attached hydrogens (tertiary/aromatic N) is 4. The van der Waals surface area contributed by atoms with Crippen LogP contribution in [0.1, 0.15) is 25.5 Å². The molecule has 0 radical (unpaired) electrons. The van der Waals surface area contributed by atoms with Crippen molar-refractivity contribution in [1.29, 1.82) is 0 Å². The number of hydrogen-bond donors (Lipinski definition) is 1. The average Bonchev–Trinajstić information content (AvgIpc) is 3.21. The minimum atomic E-state index is 0.317. The summed E-state index contributed by atoms with van der Waals surface area (Å²) in [5, 5.41) is 4.40. The molecule has 8 nitrogen and oxygen atoms in total. The van der Waals surface area contributed by atoms with E-state index in [2.05, 4.69) is 39.9 Å². The fourth-order valence-electron chi connectivity index (χ4n) is 3.53. The molecule has 1 N–H and O–H groups in total. The third-order valence-corrected chi connectivity index (χ3v) is 4.95. The van der Waals surface area contributed by atoms with E-state index in [-0.39, 0.29) is 0 Å². The maximum Gasteiger partial charge on any atom is 0.227 e. The molecular weight excluding hydrogens is 406 g/mol. The lowest BCUT2D eigenvalue weighted by Gasteiger charge is -2.12. The highest BCUT2D eigenvalue weighted by atomic mass is 16.5. The van der Waals surface area contributed by atoms with Crippen molar-refractivity contribution in [1.82, 2.24) is 19.5 Å². The van der Waals surface area contributed by atoms with E-state index in [0.29, 0.717) is 24.3 Å². The highest BCUT2D eigenvalue weighted by Crippen LogP contribution is 2.32. The molecule has 0 bridgehead atoms. The third kappa shape index (κ3) is 4.76. The summed E-state index contributed by atoms with van der Waals surface area (Å²) in [4.78, 5) is 21.5. The predicted molar refractivity (Wildman–Crippen MR) is 125 cm³/mol. The summed E-state index contributed by atoms with van der Waals surface area (Å²) in [5.74, 6) is 1.21. The van der Waals surface area contributed by atoms with Crippen LogP contribution in [-0.4, -0.2) is 40.5 Å². The molecule has 166 valence electrons. The molecule has 0 unspecified atom stereocenters. The van der Waals surface area contributed by atoms with Crippen molar-refractivity contribution in [3.8, 4) is 17.0 Å². The fourth-order valence-corrected chi connectivity index (χ4v) is 3.53. The first-order valence-corrected chi connectivity index (χ1v) is 10.1. The molecule has 1 aromatic carbocycles. The summed E-state index contributed by atoms with van der Waals surface area (Å²) < 4.78 is 12.9. The number of pyridine rings is 1. The molecule has 0 saturated heterocycles. The van der Waals surface area contributed by atoms with E-state index in [9.17, 15) is 0 Å². The lowest BCUT2D eigenvalue weighted by atomic mass is 10.1. The number of ether oxygens (including phenoxy) is 2. The van der Waals surface area contributed by atoms with E-state index < -0.39 is 0 Å². The van der Waals surface area contributed by atoms with E-state index in [1.165, 1.54) is 0 Å². The Labute approximate surface area is 187 Å². The van der Waals surface area contributed by atoms with Gasteiger partial charge in [0.2, 0.25) is 5.95 Å². The second-order valence-corrected chi connectivity index (χ2v) is 7.29. The quantitative estimate of drug-likeness (QED) is 0.448. The van der Waals surface area contributed by atoms with Crippen LogP contribution in [0.5, 0.6) is 5.75 Å². The number of hydrogen-bond acceptors (Lipinski definition) is 7. The van der Waals surface area contributed by atoms with Crippen LogP contribution in [0.2, 0.25) is 0 Å². The zero-order valence-corrected chi connectivity index (χ0v) is 18.7. The Balaban J connectivity index is 0.00000141. The number of rotatable bonds is 7. The molecule has 4 aromatic rings. The van der Waals surface area contributed by atoms with Crippen LogP contribution < -0.4 is 10.1 Å². The smallest absolute Gasteiger partial charge is 0.227 e. The van der Waals surface area contributed by atoms with E-state index >= 15 is 0 Å². The van der Waals surface area contributed by atoms with Gasteiger partial charge < -0.3 is 24.2 Å². The Kier molecular flexibility index (Phi) is 7.51. The van der Waals surface area contributed by atoms with Gasteiger partial charge in [0.05, 0.1) is 36.8 Å². The summed E-state index contributed by atoms with van der Waals surface area (Å²) in [6.45, 7) is 6.83. The van der Waals surface area contributed by atoms with Gasteiger partial charge in [-0.05, 0) is 43.7 Å². The van der Waals surface area contributed by atoms with Crippen molar-refractivity contribution < 1.29 is 14.3 Å². The monoisotopic (exact) mass is 433 g/mol. The highest BCUT2D eigenvalue weighted by Gasteiger charge is 2.14. The van der Waals surface area contributed by atoms with Crippen LogP contribution in [0, 0.1) is 0 Å². The van der Waals surface area contributed by atoms with Gasteiger partial charge in [0.1, 0.15) is 12.5 Å². The second-order valence-electron chi connectivity index (χ2n) is 7.29. The summed E-state index contributed by atoms with van der Waals surface area (Å²) in [6.07, 6.45) is 7.59. The maximum absolute atomic E-state index is 8.00. The second kappa shape index (κ2) is 10.5. The summed E-state index contributed by atoms with van der Waals surface area (Å²) in [7, 11) is 3.32. The Morgan fingerprint density at radius 1 is 1.12 bits per heavy atom. The summed E-state index contributed by atoms with van der Waals surface area (Å²) in [6, 6.07) is 10.1. The Bertz CT molecular complexity index is 1190. The minimum Gasteiger partial charge on any atom is -0.495 e. The van der Waals surface area contributed by atoms with Crippen LogP contribution in [0.15, 0.2) is 55.1 Å². The molecular formula is C24H27N5O3. The maximum atomic E-state index is 8.00. The van der Waals surface area contributed by atoms with Crippen LogP contribution in [0.25, 0.3) is 22.2 Å².